The number of hydrogen-bond donors (Lipinski definition) is 4. The highest BCUT2D eigenvalue weighted by Crippen LogP contribution is 2.11. The molecule has 132 valence electrons. The van der Waals surface area contributed by atoms with Crippen molar-refractivity contribution in [3.8, 4) is 0 Å². The molecule has 0 aromatic rings. The predicted molar refractivity (Wildman–Crippen MR) is 75.7 cm³/mol. The molecule has 0 saturated carbocycles. The van der Waals surface area contributed by atoms with Crippen LogP contribution in [0.3, 0.4) is 0 Å². The van der Waals surface area contributed by atoms with Crippen LogP contribution in [0.1, 0.15) is 51.4 Å². The molecule has 9 nitrogen and oxygen atoms in total. The number of hydrogen-bond acceptors (Lipinski definition) is 6. The number of unbranched alkanes of at least 4 members (excludes halogenated alkanes) is 2. The van der Waals surface area contributed by atoms with Crippen molar-refractivity contribution in [2.24, 2.45) is 0 Å². The van der Waals surface area contributed by atoms with E-state index < -0.39 is 36.1 Å². The quantitative estimate of drug-likeness (QED) is 0.280. The fraction of sp³-hybridized carbons (Fsp3) is 0.714. The third-order valence-corrected chi connectivity index (χ3v) is 3.03. The first-order valence-corrected chi connectivity index (χ1v) is 7.29. The van der Waals surface area contributed by atoms with Gasteiger partial charge in [0.15, 0.2) is 12.2 Å². The van der Waals surface area contributed by atoms with Crippen LogP contribution >= 0.6 is 0 Å². The number of carbonyl (C=O) groups excluding carboxylic acids is 1. The fourth-order valence-electron chi connectivity index (χ4n) is 1.79. The van der Waals surface area contributed by atoms with Crippen LogP contribution in [0.25, 0.3) is 0 Å². The van der Waals surface area contributed by atoms with Crippen LogP contribution < -0.4 is 0 Å². The van der Waals surface area contributed by atoms with E-state index in [1.54, 1.807) is 0 Å². The monoisotopic (exact) mass is 334 g/mol. The van der Waals surface area contributed by atoms with Crippen LogP contribution in [0.15, 0.2) is 0 Å². The van der Waals surface area contributed by atoms with E-state index in [4.69, 9.17) is 20.1 Å². The molecule has 0 saturated heterocycles. The lowest BCUT2D eigenvalue weighted by molar-refractivity contribution is -0.170. The third-order valence-electron chi connectivity index (χ3n) is 3.03. The number of rotatable bonds is 13. The molecule has 0 fully saturated rings. The van der Waals surface area contributed by atoms with Crippen molar-refractivity contribution in [2.45, 2.75) is 63.6 Å². The number of carboxylic acid groups (broad SMARTS) is 3. The van der Waals surface area contributed by atoms with Crippen LogP contribution in [0.5, 0.6) is 0 Å². The van der Waals surface area contributed by atoms with Gasteiger partial charge >= 0.3 is 23.9 Å². The van der Waals surface area contributed by atoms with Gasteiger partial charge in [-0.3, -0.25) is 9.59 Å². The Balaban J connectivity index is 4.14. The zero-order chi connectivity index (χ0) is 17.8. The minimum absolute atomic E-state index is 0.0164. The topological polar surface area (TPSA) is 158 Å². The number of aliphatic carboxylic acids is 3. The summed E-state index contributed by atoms with van der Waals surface area (Å²) in [6, 6.07) is 0. The summed E-state index contributed by atoms with van der Waals surface area (Å²) in [5, 5.41) is 35.4. The highest BCUT2D eigenvalue weighted by Gasteiger charge is 2.25. The Hall–Kier alpha value is -2.16. The van der Waals surface area contributed by atoms with Gasteiger partial charge in [0.1, 0.15) is 0 Å². The van der Waals surface area contributed by atoms with Gasteiger partial charge in [0.05, 0.1) is 0 Å². The third kappa shape index (κ3) is 11.1. The van der Waals surface area contributed by atoms with Crippen LogP contribution in [-0.4, -0.2) is 56.5 Å². The molecule has 0 amide bonds. The lowest BCUT2D eigenvalue weighted by Gasteiger charge is -2.16. The standard InChI is InChI=1S/C14H22O9/c15-9(5-1-3-7-11(16)17)14(22)23-10(13(20)21)6-2-4-8-12(18)19/h9-10,15H,1-8H2,(H,16,17)(H,18,19)(H,20,21). The van der Waals surface area contributed by atoms with Crippen LogP contribution in [0.4, 0.5) is 0 Å². The first-order chi connectivity index (χ1) is 10.7. The average Bonchev–Trinajstić information content (AvgIpc) is 2.45. The molecular formula is C14H22O9. The lowest BCUT2D eigenvalue weighted by Crippen LogP contribution is -2.32. The summed E-state index contributed by atoms with van der Waals surface area (Å²) in [6.45, 7) is 0. The second-order valence-corrected chi connectivity index (χ2v) is 5.06. The molecule has 0 rings (SSSR count). The second kappa shape index (κ2) is 11.4. The molecule has 0 heterocycles. The summed E-state index contributed by atoms with van der Waals surface area (Å²) in [4.78, 5) is 43.2. The molecule has 0 aliphatic heterocycles. The van der Waals surface area contributed by atoms with Crippen molar-refractivity contribution >= 4 is 23.9 Å². The molecule has 0 bridgehead atoms. The van der Waals surface area contributed by atoms with Crippen molar-refractivity contribution < 1.29 is 44.3 Å². The maximum atomic E-state index is 11.6. The Morgan fingerprint density at radius 1 is 0.783 bits per heavy atom. The van der Waals surface area contributed by atoms with Crippen molar-refractivity contribution in [2.75, 3.05) is 0 Å². The molecule has 0 aromatic carbocycles. The Morgan fingerprint density at radius 3 is 1.70 bits per heavy atom. The van der Waals surface area contributed by atoms with Crippen molar-refractivity contribution in [1.29, 1.82) is 0 Å². The SMILES string of the molecule is O=C(O)CCCCC(O)C(=O)OC(CCCCC(=O)O)C(=O)O. The Kier molecular flexibility index (Phi) is 10.3. The minimum Gasteiger partial charge on any atom is -0.481 e. The molecule has 0 radical (unpaired) electrons. The summed E-state index contributed by atoms with van der Waals surface area (Å²) >= 11 is 0. The van der Waals surface area contributed by atoms with E-state index in [1.807, 2.05) is 0 Å². The molecule has 4 N–H and O–H groups in total. The summed E-state index contributed by atoms with van der Waals surface area (Å²) < 4.78 is 4.71. The van der Waals surface area contributed by atoms with Gasteiger partial charge in [-0.05, 0) is 38.5 Å². The van der Waals surface area contributed by atoms with E-state index in [9.17, 15) is 24.3 Å². The van der Waals surface area contributed by atoms with Gasteiger partial charge in [0, 0.05) is 12.8 Å². The zero-order valence-corrected chi connectivity index (χ0v) is 12.6. The average molecular weight is 334 g/mol. The summed E-state index contributed by atoms with van der Waals surface area (Å²) in [5.74, 6) is -4.42. The summed E-state index contributed by atoms with van der Waals surface area (Å²) in [7, 11) is 0. The van der Waals surface area contributed by atoms with Gasteiger partial charge < -0.3 is 25.2 Å². The van der Waals surface area contributed by atoms with Gasteiger partial charge in [-0.2, -0.15) is 0 Å². The number of ether oxygens (including phenoxy) is 1. The molecule has 0 aliphatic rings. The van der Waals surface area contributed by atoms with E-state index in [0.29, 0.717) is 6.42 Å². The van der Waals surface area contributed by atoms with E-state index in [0.717, 1.165) is 0 Å². The van der Waals surface area contributed by atoms with Crippen molar-refractivity contribution in [1.82, 2.24) is 0 Å². The first-order valence-electron chi connectivity index (χ1n) is 7.29. The predicted octanol–water partition coefficient (Wildman–Crippen LogP) is 0.634. The van der Waals surface area contributed by atoms with Gasteiger partial charge in [0.2, 0.25) is 0 Å². The number of esters is 1. The van der Waals surface area contributed by atoms with E-state index in [1.165, 1.54) is 0 Å². The summed E-state index contributed by atoms with van der Waals surface area (Å²) in [6.07, 6.45) is -2.10. The largest absolute Gasteiger partial charge is 0.481 e. The van der Waals surface area contributed by atoms with E-state index in [2.05, 4.69) is 0 Å². The molecule has 9 heteroatoms. The van der Waals surface area contributed by atoms with Crippen molar-refractivity contribution in [3.05, 3.63) is 0 Å². The number of carboxylic acids is 3. The normalized spacial score (nSPS) is 13.1. The number of aliphatic hydroxyl groups is 1. The maximum Gasteiger partial charge on any atom is 0.345 e. The fourth-order valence-corrected chi connectivity index (χ4v) is 1.79. The molecule has 2 unspecified atom stereocenters. The van der Waals surface area contributed by atoms with Gasteiger partial charge in [0.25, 0.3) is 0 Å². The molecule has 0 spiro atoms. The maximum absolute atomic E-state index is 11.6. The molecule has 0 aromatic heterocycles. The Morgan fingerprint density at radius 2 is 1.26 bits per heavy atom. The van der Waals surface area contributed by atoms with E-state index in [-0.39, 0.29) is 44.9 Å². The highest BCUT2D eigenvalue weighted by molar-refractivity contribution is 5.80. The first kappa shape index (κ1) is 20.8. The second-order valence-electron chi connectivity index (χ2n) is 5.06. The van der Waals surface area contributed by atoms with Gasteiger partial charge in [-0.15, -0.1) is 0 Å². The number of carbonyl (C=O) groups is 4. The minimum atomic E-state index is -1.51. The Bertz CT molecular complexity index is 418. The van der Waals surface area contributed by atoms with E-state index >= 15 is 0 Å². The zero-order valence-electron chi connectivity index (χ0n) is 12.6. The van der Waals surface area contributed by atoms with Crippen LogP contribution in [-0.2, 0) is 23.9 Å². The summed E-state index contributed by atoms with van der Waals surface area (Å²) in [5.41, 5.74) is 0. The molecule has 0 aliphatic carbocycles. The lowest BCUT2D eigenvalue weighted by atomic mass is 10.1. The molecule has 2 atom stereocenters. The van der Waals surface area contributed by atoms with Crippen LogP contribution in [0, 0.1) is 0 Å². The van der Waals surface area contributed by atoms with Crippen LogP contribution in [0.2, 0.25) is 0 Å². The Labute approximate surface area is 132 Å². The van der Waals surface area contributed by atoms with Gasteiger partial charge in [-0.1, -0.05) is 0 Å². The molecular weight excluding hydrogens is 312 g/mol. The molecule has 23 heavy (non-hydrogen) atoms. The smallest absolute Gasteiger partial charge is 0.345 e. The van der Waals surface area contributed by atoms with Crippen molar-refractivity contribution in [3.63, 3.8) is 0 Å². The highest BCUT2D eigenvalue weighted by atomic mass is 16.6. The van der Waals surface area contributed by atoms with Gasteiger partial charge in [-0.25, -0.2) is 9.59 Å². The number of aliphatic hydroxyl groups excluding tert-OH is 1.